The van der Waals surface area contributed by atoms with Crippen molar-refractivity contribution in [1.82, 2.24) is 9.80 Å². The first-order chi connectivity index (χ1) is 10.5. The molecule has 0 saturated heterocycles. The van der Waals surface area contributed by atoms with Gasteiger partial charge in [-0.3, -0.25) is 14.4 Å². The molecule has 0 unspecified atom stereocenters. The lowest BCUT2D eigenvalue weighted by molar-refractivity contribution is -0.476. The molecule has 0 aromatic heterocycles. The van der Waals surface area contributed by atoms with Gasteiger partial charge in [-0.15, -0.1) is 0 Å². The Bertz CT molecular complexity index is 266. The van der Waals surface area contributed by atoms with Crippen LogP contribution in [0, 0.1) is 0 Å². The number of rotatable bonds is 12. The minimum Gasteiger partial charge on any atom is -0.270 e. The maximum absolute atomic E-state index is 2.60. The first-order valence-corrected chi connectivity index (χ1v) is 9.51. The van der Waals surface area contributed by atoms with Crippen LogP contribution in [0.5, 0.6) is 0 Å². The van der Waals surface area contributed by atoms with Crippen LogP contribution in [0.2, 0.25) is 0 Å². The van der Waals surface area contributed by atoms with Gasteiger partial charge in [0.15, 0.2) is 0 Å². The Balaban J connectivity index is 4.39. The van der Waals surface area contributed by atoms with Gasteiger partial charge in [0.2, 0.25) is 0 Å². The molecule has 0 amide bonds. The molecule has 3 heteroatoms. The normalized spacial score (nSPS) is 10.6. The summed E-state index contributed by atoms with van der Waals surface area (Å²) in [5, 5.41) is 0. The predicted octanol–water partition coefficient (Wildman–Crippen LogP) is 4.42. The van der Waals surface area contributed by atoms with Crippen LogP contribution < -0.4 is 0 Å². The average molecular weight is 313 g/mol. The van der Waals surface area contributed by atoms with Crippen molar-refractivity contribution in [3.05, 3.63) is 0 Å². The predicted molar refractivity (Wildman–Crippen MR) is 99.9 cm³/mol. The van der Waals surface area contributed by atoms with E-state index in [-0.39, 0.29) is 0 Å². The first-order valence-electron chi connectivity index (χ1n) is 9.51. The average Bonchev–Trinajstić information content (AvgIpc) is 2.45. The highest BCUT2D eigenvalue weighted by atomic mass is 15.4. The lowest BCUT2D eigenvalue weighted by Gasteiger charge is -2.25. The van der Waals surface area contributed by atoms with Crippen molar-refractivity contribution < 1.29 is 4.58 Å². The van der Waals surface area contributed by atoms with Crippen LogP contribution >= 0.6 is 0 Å². The van der Waals surface area contributed by atoms with Crippen molar-refractivity contribution >= 4 is 5.96 Å². The lowest BCUT2D eigenvalue weighted by Crippen LogP contribution is -2.46. The molecule has 0 heterocycles. The maximum atomic E-state index is 2.60. The van der Waals surface area contributed by atoms with E-state index in [1.165, 1.54) is 83.3 Å². The summed E-state index contributed by atoms with van der Waals surface area (Å²) in [5.41, 5.74) is 0. The molecule has 0 rings (SSSR count). The van der Waals surface area contributed by atoms with Gasteiger partial charge in [0.25, 0.3) is 0 Å². The zero-order chi connectivity index (χ0) is 16.8. The van der Waals surface area contributed by atoms with E-state index in [2.05, 4.69) is 56.4 Å². The Morgan fingerprint density at radius 3 is 1.41 bits per heavy atom. The quantitative estimate of drug-likeness (QED) is 0.228. The van der Waals surface area contributed by atoms with Gasteiger partial charge in [-0.05, 0) is 12.8 Å². The van der Waals surface area contributed by atoms with Crippen LogP contribution in [0.4, 0.5) is 0 Å². The van der Waals surface area contributed by atoms with Crippen LogP contribution in [0.1, 0.15) is 78.1 Å². The van der Waals surface area contributed by atoms with Gasteiger partial charge < -0.3 is 0 Å². The Kier molecular flexibility index (Phi) is 13.4. The van der Waals surface area contributed by atoms with Gasteiger partial charge >= 0.3 is 5.96 Å². The highest BCUT2D eigenvalue weighted by molar-refractivity contribution is 5.74. The van der Waals surface area contributed by atoms with E-state index in [0.717, 1.165) is 0 Å². The second kappa shape index (κ2) is 13.9. The molecule has 0 N–H and O–H groups in total. The van der Waals surface area contributed by atoms with Gasteiger partial charge in [-0.25, -0.2) is 0 Å². The van der Waals surface area contributed by atoms with Crippen LogP contribution in [0.3, 0.4) is 0 Å². The second-order valence-electron chi connectivity index (χ2n) is 6.90. The van der Waals surface area contributed by atoms with Crippen LogP contribution in [0.15, 0.2) is 0 Å². The van der Waals surface area contributed by atoms with Crippen molar-refractivity contribution in [3.63, 3.8) is 0 Å². The molecule has 0 aromatic carbocycles. The van der Waals surface area contributed by atoms with Gasteiger partial charge in [-0.2, -0.15) is 0 Å². The Hall–Kier alpha value is -0.730. The molecule has 132 valence electrons. The van der Waals surface area contributed by atoms with E-state index in [4.69, 9.17) is 0 Å². The topological polar surface area (TPSA) is 9.49 Å². The van der Waals surface area contributed by atoms with Crippen LogP contribution in [-0.2, 0) is 0 Å². The number of guanidine groups is 1. The first kappa shape index (κ1) is 21.3. The lowest BCUT2D eigenvalue weighted by atomic mass is 10.1. The number of unbranched alkanes of at least 4 members (excludes halogenated alkanes) is 8. The van der Waals surface area contributed by atoms with E-state index in [0.29, 0.717) is 0 Å². The summed E-state index contributed by atoms with van der Waals surface area (Å²) in [5.74, 6) is 1.35. The van der Waals surface area contributed by atoms with Gasteiger partial charge in [0.1, 0.15) is 0 Å². The largest absolute Gasteiger partial charge is 0.349 e. The zero-order valence-corrected chi connectivity index (χ0v) is 16.3. The summed E-state index contributed by atoms with van der Waals surface area (Å²) in [7, 11) is 8.65. The fourth-order valence-electron chi connectivity index (χ4n) is 3.09. The third kappa shape index (κ3) is 10.1. The van der Waals surface area contributed by atoms with Gasteiger partial charge in [-0.1, -0.05) is 65.2 Å². The van der Waals surface area contributed by atoms with Crippen LogP contribution in [-0.4, -0.2) is 61.6 Å². The van der Waals surface area contributed by atoms with E-state index in [1.54, 1.807) is 0 Å². The molecule has 0 aliphatic heterocycles. The molecule has 0 aliphatic rings. The van der Waals surface area contributed by atoms with Crippen LogP contribution in [0.25, 0.3) is 0 Å². The molecule has 0 fully saturated rings. The molecule has 0 radical (unpaired) electrons. The summed E-state index contributed by atoms with van der Waals surface area (Å²) in [6.45, 7) is 6.96. The highest BCUT2D eigenvalue weighted by Gasteiger charge is 2.21. The molecule has 3 nitrogen and oxygen atoms in total. The molecular formula is C19H42N3+. The Morgan fingerprint density at radius 2 is 1.09 bits per heavy atom. The summed E-state index contributed by atoms with van der Waals surface area (Å²) >= 11 is 0. The van der Waals surface area contributed by atoms with Gasteiger partial charge in [0.05, 0.1) is 41.3 Å². The zero-order valence-electron chi connectivity index (χ0n) is 16.3. The van der Waals surface area contributed by atoms with E-state index in [9.17, 15) is 0 Å². The maximum Gasteiger partial charge on any atom is 0.349 e. The van der Waals surface area contributed by atoms with E-state index < -0.39 is 0 Å². The molecule has 0 atom stereocenters. The molecule has 0 spiro atoms. The number of hydrogen-bond donors (Lipinski definition) is 0. The minimum absolute atomic E-state index is 1.20. The monoisotopic (exact) mass is 312 g/mol. The third-order valence-corrected chi connectivity index (χ3v) is 4.15. The second-order valence-corrected chi connectivity index (χ2v) is 6.90. The molecule has 0 bridgehead atoms. The summed E-state index contributed by atoms with van der Waals surface area (Å²) in [6, 6.07) is 0. The highest BCUT2D eigenvalue weighted by Crippen LogP contribution is 2.08. The van der Waals surface area contributed by atoms with Crippen molar-refractivity contribution in [2.75, 3.05) is 41.3 Å². The minimum atomic E-state index is 1.20. The SMILES string of the molecule is CCCCCCCN(CCCCCCC)C(N(C)C)=[N+](C)C. The molecule has 0 aliphatic carbocycles. The number of hydrogen-bond acceptors (Lipinski definition) is 0. The van der Waals surface area contributed by atoms with E-state index >= 15 is 0 Å². The summed E-state index contributed by atoms with van der Waals surface area (Å²) < 4.78 is 2.26. The summed E-state index contributed by atoms with van der Waals surface area (Å²) in [6.07, 6.45) is 13.6. The third-order valence-electron chi connectivity index (χ3n) is 4.15. The molecular weight excluding hydrogens is 270 g/mol. The smallest absolute Gasteiger partial charge is 0.270 e. The van der Waals surface area contributed by atoms with Crippen molar-refractivity contribution in [1.29, 1.82) is 0 Å². The molecule has 0 aromatic rings. The van der Waals surface area contributed by atoms with Crippen molar-refractivity contribution in [2.45, 2.75) is 78.1 Å². The van der Waals surface area contributed by atoms with Crippen molar-refractivity contribution in [2.24, 2.45) is 0 Å². The standard InChI is InChI=1S/C19H42N3/c1-7-9-11-13-15-17-22(18-16-14-12-10-8-2)19(20(3)4)21(5)6/h7-18H2,1-6H3/q+1. The molecule has 22 heavy (non-hydrogen) atoms. The Labute approximate surface area is 140 Å². The van der Waals surface area contributed by atoms with E-state index in [1.807, 2.05) is 0 Å². The van der Waals surface area contributed by atoms with Gasteiger partial charge in [0, 0.05) is 0 Å². The molecule has 0 saturated carbocycles. The fraction of sp³-hybridized carbons (Fsp3) is 0.947. The summed E-state index contributed by atoms with van der Waals surface area (Å²) in [4.78, 5) is 4.86. The van der Waals surface area contributed by atoms with Crippen molar-refractivity contribution in [3.8, 4) is 0 Å². The number of nitrogens with zero attached hydrogens (tertiary/aromatic N) is 3. The fourth-order valence-corrected chi connectivity index (χ4v) is 3.09. The Morgan fingerprint density at radius 1 is 0.682 bits per heavy atom.